The number of esters is 1. The molecule has 186 valence electrons. The van der Waals surface area contributed by atoms with Gasteiger partial charge in [-0.1, -0.05) is 25.5 Å². The van der Waals surface area contributed by atoms with Crippen LogP contribution in [0.2, 0.25) is 0 Å². The van der Waals surface area contributed by atoms with Gasteiger partial charge in [0.05, 0.1) is 12.7 Å². The van der Waals surface area contributed by atoms with Crippen LogP contribution in [-0.4, -0.2) is 24.5 Å². The molecule has 0 saturated heterocycles. The van der Waals surface area contributed by atoms with Gasteiger partial charge in [-0.05, 0) is 109 Å². The van der Waals surface area contributed by atoms with E-state index in [9.17, 15) is 9.59 Å². The minimum absolute atomic E-state index is 0.00956. The van der Waals surface area contributed by atoms with Crippen molar-refractivity contribution in [3.05, 3.63) is 68.0 Å². The van der Waals surface area contributed by atoms with Crippen molar-refractivity contribution in [2.45, 2.75) is 88.7 Å². The number of ether oxygens (including phenoxy) is 2. The van der Waals surface area contributed by atoms with Crippen molar-refractivity contribution in [3.8, 4) is 0 Å². The molecule has 34 heavy (non-hydrogen) atoms. The summed E-state index contributed by atoms with van der Waals surface area (Å²) in [5.41, 5.74) is 7.58. The fraction of sp³-hybridized carbons (Fsp3) is 0.533. The van der Waals surface area contributed by atoms with E-state index in [4.69, 9.17) is 9.47 Å². The Morgan fingerprint density at radius 2 is 1.32 bits per heavy atom. The second-order valence-electron chi connectivity index (χ2n) is 11.1. The van der Waals surface area contributed by atoms with Gasteiger partial charge in [-0.2, -0.15) is 0 Å². The quantitative estimate of drug-likeness (QED) is 0.261. The van der Waals surface area contributed by atoms with E-state index in [2.05, 4.69) is 34.6 Å². The van der Waals surface area contributed by atoms with Gasteiger partial charge in [0.1, 0.15) is 11.4 Å². The van der Waals surface area contributed by atoms with Gasteiger partial charge in [0.2, 0.25) is 0 Å². The Kier molecular flexibility index (Phi) is 7.77. The third-order valence-electron chi connectivity index (χ3n) is 7.66. The van der Waals surface area contributed by atoms with Crippen molar-refractivity contribution in [2.24, 2.45) is 11.3 Å². The van der Waals surface area contributed by atoms with Gasteiger partial charge in [0.15, 0.2) is 5.78 Å². The average molecular weight is 467 g/mol. The van der Waals surface area contributed by atoms with E-state index in [1.165, 1.54) is 5.56 Å². The highest BCUT2D eigenvalue weighted by molar-refractivity contribution is 6.07. The lowest BCUT2D eigenvalue weighted by atomic mass is 9.66. The van der Waals surface area contributed by atoms with E-state index >= 15 is 0 Å². The van der Waals surface area contributed by atoms with E-state index < -0.39 is 11.0 Å². The zero-order valence-corrected chi connectivity index (χ0v) is 23.4. The number of carbonyl (C=O) groups is 2. The molecule has 0 aromatic heterocycles. The van der Waals surface area contributed by atoms with Gasteiger partial charge in [-0.25, -0.2) is 4.79 Å². The Balaban J connectivity index is 2.56. The van der Waals surface area contributed by atoms with Gasteiger partial charge < -0.3 is 9.47 Å². The maximum absolute atomic E-state index is 13.4. The van der Waals surface area contributed by atoms with Crippen molar-refractivity contribution < 1.29 is 19.1 Å². The van der Waals surface area contributed by atoms with Crippen LogP contribution in [0.25, 0.3) is 0 Å². The van der Waals surface area contributed by atoms with Gasteiger partial charge in [0, 0.05) is 17.1 Å². The molecule has 1 aromatic carbocycles. The van der Waals surface area contributed by atoms with Crippen LogP contribution in [0.4, 0.5) is 0 Å². The highest BCUT2D eigenvalue weighted by atomic mass is 16.6. The van der Waals surface area contributed by atoms with Crippen molar-refractivity contribution in [3.63, 3.8) is 0 Å². The first-order chi connectivity index (χ1) is 15.5. The van der Waals surface area contributed by atoms with Gasteiger partial charge >= 0.3 is 5.97 Å². The number of allylic oxidation sites excluding steroid dienone is 3. The topological polar surface area (TPSA) is 52.6 Å². The molecule has 1 unspecified atom stereocenters. The predicted octanol–water partition coefficient (Wildman–Crippen LogP) is 7.20. The molecule has 1 aliphatic rings. The highest BCUT2D eigenvalue weighted by Crippen LogP contribution is 2.48. The minimum Gasteiger partial charge on any atom is -0.500 e. The Labute approximate surface area is 206 Å². The first kappa shape index (κ1) is 27.6. The largest absolute Gasteiger partial charge is 0.500 e. The highest BCUT2D eigenvalue weighted by Gasteiger charge is 2.42. The van der Waals surface area contributed by atoms with E-state index in [1.807, 2.05) is 54.5 Å². The maximum Gasteiger partial charge on any atom is 0.339 e. The Morgan fingerprint density at radius 1 is 0.853 bits per heavy atom. The summed E-state index contributed by atoms with van der Waals surface area (Å²) in [6, 6.07) is 0. The monoisotopic (exact) mass is 466 g/mol. The molecule has 0 radical (unpaired) electrons. The summed E-state index contributed by atoms with van der Waals surface area (Å²) in [5, 5.41) is 0. The van der Waals surface area contributed by atoms with Crippen molar-refractivity contribution in [2.75, 3.05) is 7.11 Å². The molecule has 1 aromatic rings. The molecule has 2 rings (SSSR count). The smallest absolute Gasteiger partial charge is 0.339 e. The Bertz CT molecular complexity index is 1090. The number of benzene rings is 1. The fourth-order valence-electron chi connectivity index (χ4n) is 4.90. The summed E-state index contributed by atoms with van der Waals surface area (Å²) in [6.07, 6.45) is 3.61. The first-order valence-corrected chi connectivity index (χ1v) is 12.0. The van der Waals surface area contributed by atoms with Crippen LogP contribution in [0.5, 0.6) is 0 Å². The summed E-state index contributed by atoms with van der Waals surface area (Å²) in [6.45, 7) is 23.9. The standard InChI is InChI=1S/C30H42O4/c1-16-17(2)19(4)25(20(5)18(16)3)24(31)15-14-23-27(33-13)21(6)26(22(7)30(23,11)12)28(32)34-29(8,9)10/h14-15,23H,1-13H3. The zero-order chi connectivity index (χ0) is 26.3. The van der Waals surface area contributed by atoms with Crippen LogP contribution < -0.4 is 0 Å². The summed E-state index contributed by atoms with van der Waals surface area (Å²) >= 11 is 0. The predicted molar refractivity (Wildman–Crippen MR) is 139 cm³/mol. The van der Waals surface area contributed by atoms with E-state index in [0.29, 0.717) is 11.3 Å². The van der Waals surface area contributed by atoms with Crippen LogP contribution >= 0.6 is 0 Å². The molecule has 0 N–H and O–H groups in total. The lowest BCUT2D eigenvalue weighted by Gasteiger charge is -2.40. The van der Waals surface area contributed by atoms with E-state index in [1.54, 1.807) is 13.2 Å². The van der Waals surface area contributed by atoms with E-state index in [-0.39, 0.29) is 17.7 Å². The Morgan fingerprint density at radius 3 is 1.76 bits per heavy atom. The summed E-state index contributed by atoms with van der Waals surface area (Å²) in [7, 11) is 1.62. The fourth-order valence-corrected chi connectivity index (χ4v) is 4.90. The third kappa shape index (κ3) is 4.92. The second kappa shape index (κ2) is 9.56. The zero-order valence-electron chi connectivity index (χ0n) is 23.4. The summed E-state index contributed by atoms with van der Waals surface area (Å²) in [5.74, 6) is 0.135. The van der Waals surface area contributed by atoms with Crippen LogP contribution in [0.1, 0.15) is 86.6 Å². The summed E-state index contributed by atoms with van der Waals surface area (Å²) in [4.78, 5) is 26.5. The number of rotatable bonds is 5. The van der Waals surface area contributed by atoms with Gasteiger partial charge in [-0.3, -0.25) is 4.79 Å². The molecule has 0 fully saturated rings. The Hall–Kier alpha value is -2.62. The molecular formula is C30H42O4. The molecule has 0 amide bonds. The molecule has 0 aliphatic heterocycles. The molecule has 0 spiro atoms. The lowest BCUT2D eigenvalue weighted by molar-refractivity contribution is -0.149. The third-order valence-corrected chi connectivity index (χ3v) is 7.66. The second-order valence-corrected chi connectivity index (χ2v) is 11.1. The number of carbonyl (C=O) groups excluding carboxylic acids is 2. The molecule has 1 aliphatic carbocycles. The number of hydrogen-bond donors (Lipinski definition) is 0. The maximum atomic E-state index is 13.4. The first-order valence-electron chi connectivity index (χ1n) is 12.0. The molecule has 4 nitrogen and oxygen atoms in total. The number of ketones is 1. The van der Waals surface area contributed by atoms with Crippen LogP contribution in [0, 0.1) is 46.0 Å². The van der Waals surface area contributed by atoms with Crippen molar-refractivity contribution >= 4 is 11.8 Å². The van der Waals surface area contributed by atoms with Gasteiger partial charge in [-0.15, -0.1) is 0 Å². The minimum atomic E-state index is -0.592. The molecule has 0 saturated carbocycles. The molecule has 4 heteroatoms. The molecular weight excluding hydrogens is 424 g/mol. The molecule has 0 heterocycles. The number of methoxy groups -OCH3 is 1. The van der Waals surface area contributed by atoms with Crippen molar-refractivity contribution in [1.29, 1.82) is 0 Å². The van der Waals surface area contributed by atoms with Crippen LogP contribution in [-0.2, 0) is 14.3 Å². The normalized spacial score (nSPS) is 18.6. The lowest BCUT2D eigenvalue weighted by Crippen LogP contribution is -2.35. The van der Waals surface area contributed by atoms with Crippen LogP contribution in [0.15, 0.2) is 34.6 Å². The SMILES string of the molecule is COC1=C(C)C(C(=O)OC(C)(C)C)=C(C)C(C)(C)C1C=CC(=O)c1c(C)c(C)c(C)c(C)c1C. The van der Waals surface area contributed by atoms with Crippen LogP contribution in [0.3, 0.4) is 0 Å². The van der Waals surface area contributed by atoms with Crippen molar-refractivity contribution in [1.82, 2.24) is 0 Å². The molecule has 1 atom stereocenters. The van der Waals surface area contributed by atoms with Gasteiger partial charge in [0.25, 0.3) is 0 Å². The van der Waals surface area contributed by atoms with E-state index in [0.717, 1.165) is 39.0 Å². The molecule has 0 bridgehead atoms. The number of hydrogen-bond acceptors (Lipinski definition) is 4. The average Bonchev–Trinajstić information content (AvgIpc) is 2.71. The summed E-state index contributed by atoms with van der Waals surface area (Å²) < 4.78 is 11.5.